The Labute approximate surface area is 166 Å². The van der Waals surface area contributed by atoms with Crippen LogP contribution in [0, 0.1) is 0 Å². The van der Waals surface area contributed by atoms with Gasteiger partial charge in [0.25, 0.3) is 0 Å². The molecule has 9 heteroatoms. The molecule has 1 aromatic carbocycles. The molecule has 0 amide bonds. The molecule has 0 radical (unpaired) electrons. The van der Waals surface area contributed by atoms with Gasteiger partial charge in [-0.2, -0.15) is 0 Å². The van der Waals surface area contributed by atoms with E-state index in [1.807, 2.05) is 12.1 Å². The fourth-order valence-corrected chi connectivity index (χ4v) is 4.68. The van der Waals surface area contributed by atoms with Crippen molar-refractivity contribution in [1.29, 1.82) is 0 Å². The van der Waals surface area contributed by atoms with Crippen LogP contribution < -0.4 is 5.73 Å². The zero-order chi connectivity index (χ0) is 19.8. The molecule has 0 saturated carbocycles. The Morgan fingerprint density at radius 3 is 2.75 bits per heavy atom. The largest absolute Gasteiger partial charge is 0.387 e. The smallest absolute Gasteiger partial charge is 0.167 e. The van der Waals surface area contributed by atoms with Crippen molar-refractivity contribution < 1.29 is 14.9 Å². The van der Waals surface area contributed by atoms with Crippen LogP contribution in [0.25, 0.3) is 11.2 Å². The van der Waals surface area contributed by atoms with Gasteiger partial charge < -0.3 is 20.7 Å². The summed E-state index contributed by atoms with van der Waals surface area (Å²) in [5, 5.41) is 21.1. The highest BCUT2D eigenvalue weighted by molar-refractivity contribution is 7.99. The zero-order valence-corrected chi connectivity index (χ0v) is 16.5. The van der Waals surface area contributed by atoms with Crippen molar-refractivity contribution in [2.45, 2.75) is 49.2 Å². The molecule has 2 aromatic heterocycles. The normalized spacial score (nSPS) is 25.0. The van der Waals surface area contributed by atoms with Crippen molar-refractivity contribution in [3.63, 3.8) is 0 Å². The maximum atomic E-state index is 10.6. The molecule has 4 atom stereocenters. The molecule has 0 bridgehead atoms. The Hall–Kier alpha value is -2.20. The second-order valence-corrected chi connectivity index (χ2v) is 8.19. The molecule has 3 aromatic rings. The Balaban J connectivity index is 1.53. The lowest BCUT2D eigenvalue weighted by Crippen LogP contribution is -2.32. The first-order chi connectivity index (χ1) is 13.5. The molecule has 4 rings (SSSR count). The van der Waals surface area contributed by atoms with Crippen molar-refractivity contribution in [2.75, 3.05) is 11.5 Å². The molecular weight excluding hydrogens is 378 g/mol. The van der Waals surface area contributed by atoms with E-state index in [4.69, 9.17) is 10.5 Å². The van der Waals surface area contributed by atoms with E-state index in [9.17, 15) is 10.2 Å². The number of anilines is 1. The Kier molecular flexibility index (Phi) is 5.24. The summed E-state index contributed by atoms with van der Waals surface area (Å²) in [5.74, 6) is 1.18. The van der Waals surface area contributed by atoms with Crippen molar-refractivity contribution in [1.82, 2.24) is 19.5 Å². The van der Waals surface area contributed by atoms with Gasteiger partial charge in [0.2, 0.25) is 0 Å². The number of thioether (sulfide) groups is 1. The lowest BCUT2D eigenvalue weighted by atomic mass is 10.0. The fourth-order valence-electron chi connectivity index (χ4n) is 3.41. The van der Waals surface area contributed by atoms with Crippen LogP contribution in [0.4, 0.5) is 5.82 Å². The van der Waals surface area contributed by atoms with Crippen LogP contribution in [0.1, 0.15) is 31.6 Å². The molecule has 1 fully saturated rings. The molecule has 3 heterocycles. The van der Waals surface area contributed by atoms with E-state index < -0.39 is 24.5 Å². The van der Waals surface area contributed by atoms with Gasteiger partial charge >= 0.3 is 0 Å². The number of nitrogens with zero attached hydrogens (tertiary/aromatic N) is 4. The van der Waals surface area contributed by atoms with Gasteiger partial charge in [0.05, 0.1) is 12.4 Å². The summed E-state index contributed by atoms with van der Waals surface area (Å²) >= 11 is 1.62. The minimum Gasteiger partial charge on any atom is -0.387 e. The monoisotopic (exact) mass is 401 g/mol. The van der Waals surface area contributed by atoms with Crippen molar-refractivity contribution in [3.05, 3.63) is 42.5 Å². The standard InChI is InChI=1S/C19H23N5O3S/c1-10(2)11-5-3-4-6-13(11)28-7-12-15(25)16(26)19(27-12)24-9-23-14-17(20)21-8-22-18(14)24/h3-6,8-10,12,15-16,19,25-26H,7H2,1-2H3,(H2,20,21,22)/t12-,15-,16-,19-/m1/s1. The second-order valence-electron chi connectivity index (χ2n) is 7.13. The third-order valence-corrected chi connectivity index (χ3v) is 6.12. The predicted octanol–water partition coefficient (Wildman–Crippen LogP) is 1.94. The van der Waals surface area contributed by atoms with Crippen LogP contribution in [-0.4, -0.2) is 53.8 Å². The number of ether oxygens (including phenoxy) is 1. The number of hydrogen-bond donors (Lipinski definition) is 3. The molecule has 28 heavy (non-hydrogen) atoms. The van der Waals surface area contributed by atoms with Crippen molar-refractivity contribution in [3.8, 4) is 0 Å². The van der Waals surface area contributed by atoms with Crippen LogP contribution in [0.15, 0.2) is 41.8 Å². The number of rotatable bonds is 5. The third-order valence-electron chi connectivity index (χ3n) is 4.94. The summed E-state index contributed by atoms with van der Waals surface area (Å²) in [5.41, 5.74) is 7.98. The van der Waals surface area contributed by atoms with E-state index in [0.29, 0.717) is 22.8 Å². The van der Waals surface area contributed by atoms with Gasteiger partial charge in [0.15, 0.2) is 17.7 Å². The summed E-state index contributed by atoms with van der Waals surface area (Å²) in [6, 6.07) is 8.20. The highest BCUT2D eigenvalue weighted by Gasteiger charge is 2.44. The number of imidazole rings is 1. The number of benzene rings is 1. The second kappa shape index (κ2) is 7.67. The number of nitrogens with two attached hydrogens (primary N) is 1. The quantitative estimate of drug-likeness (QED) is 0.555. The molecule has 0 aliphatic carbocycles. The first-order valence-corrected chi connectivity index (χ1v) is 10.1. The minimum atomic E-state index is -1.10. The van der Waals surface area contributed by atoms with Crippen LogP contribution in [0.2, 0.25) is 0 Å². The molecule has 0 unspecified atom stereocenters. The lowest BCUT2D eigenvalue weighted by Gasteiger charge is -2.17. The van der Waals surface area contributed by atoms with Crippen LogP contribution in [-0.2, 0) is 4.74 Å². The molecule has 0 spiro atoms. The average Bonchev–Trinajstić information content (AvgIpc) is 3.23. The minimum absolute atomic E-state index is 0.259. The third kappa shape index (κ3) is 3.35. The maximum Gasteiger partial charge on any atom is 0.167 e. The molecule has 1 aliphatic heterocycles. The van der Waals surface area contributed by atoms with Gasteiger partial charge in [-0.25, -0.2) is 15.0 Å². The van der Waals surface area contributed by atoms with Gasteiger partial charge in [-0.1, -0.05) is 32.0 Å². The average molecular weight is 401 g/mol. The van der Waals surface area contributed by atoms with E-state index in [2.05, 4.69) is 40.9 Å². The van der Waals surface area contributed by atoms with E-state index in [-0.39, 0.29) is 5.82 Å². The Morgan fingerprint density at radius 2 is 1.96 bits per heavy atom. The zero-order valence-electron chi connectivity index (χ0n) is 15.6. The summed E-state index contributed by atoms with van der Waals surface area (Å²) in [4.78, 5) is 13.5. The van der Waals surface area contributed by atoms with E-state index >= 15 is 0 Å². The highest BCUT2D eigenvalue weighted by Crippen LogP contribution is 2.36. The van der Waals surface area contributed by atoms with Crippen molar-refractivity contribution in [2.24, 2.45) is 0 Å². The van der Waals surface area contributed by atoms with Crippen LogP contribution in [0.3, 0.4) is 0 Å². The van der Waals surface area contributed by atoms with Gasteiger partial charge in [-0.15, -0.1) is 11.8 Å². The van der Waals surface area contributed by atoms with Gasteiger partial charge in [0, 0.05) is 10.6 Å². The van der Waals surface area contributed by atoms with E-state index in [1.165, 1.54) is 18.2 Å². The molecule has 1 saturated heterocycles. The summed E-state index contributed by atoms with van der Waals surface area (Å²) < 4.78 is 7.59. The fraction of sp³-hybridized carbons (Fsp3) is 0.421. The summed E-state index contributed by atoms with van der Waals surface area (Å²) in [7, 11) is 0. The number of fused-ring (bicyclic) bond motifs is 1. The topological polar surface area (TPSA) is 119 Å². The van der Waals surface area contributed by atoms with Gasteiger partial charge in [-0.05, 0) is 17.5 Å². The van der Waals surface area contributed by atoms with Gasteiger partial charge in [0.1, 0.15) is 24.1 Å². The maximum absolute atomic E-state index is 10.6. The molecule has 4 N–H and O–H groups in total. The predicted molar refractivity (Wildman–Crippen MR) is 107 cm³/mol. The number of hydrogen-bond acceptors (Lipinski definition) is 8. The Morgan fingerprint density at radius 1 is 1.18 bits per heavy atom. The number of nitrogen functional groups attached to an aromatic ring is 1. The number of aliphatic hydroxyl groups excluding tert-OH is 2. The Bertz CT molecular complexity index is 979. The molecule has 148 valence electrons. The molecular formula is C19H23N5O3S. The van der Waals surface area contributed by atoms with Crippen LogP contribution >= 0.6 is 11.8 Å². The molecule has 1 aliphatic rings. The first kappa shape index (κ1) is 19.1. The lowest BCUT2D eigenvalue weighted by molar-refractivity contribution is -0.0289. The first-order valence-electron chi connectivity index (χ1n) is 9.13. The number of aromatic nitrogens is 4. The SMILES string of the molecule is CC(C)c1ccccc1SC[C@H]1O[C@@H](n2cnc3c(N)ncnc32)[C@H](O)[C@@H]1O. The number of aliphatic hydroxyl groups is 2. The van der Waals surface area contributed by atoms with E-state index in [0.717, 1.165) is 4.90 Å². The van der Waals surface area contributed by atoms with Crippen molar-refractivity contribution >= 4 is 28.7 Å². The summed E-state index contributed by atoms with van der Waals surface area (Å²) in [6.07, 6.45) is -0.592. The summed E-state index contributed by atoms with van der Waals surface area (Å²) in [6.45, 7) is 4.30. The van der Waals surface area contributed by atoms with E-state index in [1.54, 1.807) is 16.3 Å². The molecule has 8 nitrogen and oxygen atoms in total. The highest BCUT2D eigenvalue weighted by atomic mass is 32.2. The van der Waals surface area contributed by atoms with Crippen LogP contribution in [0.5, 0.6) is 0 Å². The van der Waals surface area contributed by atoms with Gasteiger partial charge in [-0.3, -0.25) is 4.57 Å².